The molecule has 0 saturated carbocycles. The molecule has 0 aromatic heterocycles. The lowest BCUT2D eigenvalue weighted by atomic mass is 10.3. The van der Waals surface area contributed by atoms with Gasteiger partial charge in [0.2, 0.25) is 0 Å². The summed E-state index contributed by atoms with van der Waals surface area (Å²) in [4.78, 5) is 11.4. The van der Waals surface area contributed by atoms with Crippen molar-refractivity contribution < 1.29 is 17.9 Å². The highest BCUT2D eigenvalue weighted by atomic mass is 127. The predicted molar refractivity (Wildman–Crippen MR) is 97.1 cm³/mol. The topological polar surface area (TPSA) is 84.5 Å². The molecule has 0 unspecified atom stereocenters. The summed E-state index contributed by atoms with van der Waals surface area (Å²) in [5, 5.41) is 2.50. The molecule has 122 valence electrons. The second kappa shape index (κ2) is 7.64. The number of ether oxygens (including phenoxy) is 1. The number of para-hydroxylation sites is 1. The van der Waals surface area contributed by atoms with Crippen LogP contribution in [0.1, 0.15) is 6.92 Å². The highest BCUT2D eigenvalue weighted by Crippen LogP contribution is 2.22. The molecule has 0 spiro atoms. The van der Waals surface area contributed by atoms with Gasteiger partial charge in [-0.2, -0.15) is 0 Å². The van der Waals surface area contributed by atoms with Crippen molar-refractivity contribution in [2.24, 2.45) is 0 Å². The van der Waals surface area contributed by atoms with Crippen molar-refractivity contribution in [2.45, 2.75) is 11.8 Å². The molecule has 0 heterocycles. The van der Waals surface area contributed by atoms with Crippen molar-refractivity contribution in [2.75, 3.05) is 16.6 Å². The third-order valence-corrected chi connectivity index (χ3v) is 5.13. The number of carbonyl (C=O) groups is 1. The molecule has 1 amide bonds. The molecule has 6 nitrogen and oxygen atoms in total. The average molecular weight is 446 g/mol. The molecule has 0 saturated heterocycles. The molecule has 0 aliphatic rings. The standard InChI is InChI=1S/C15H15IN2O4S/c1-2-22-15(19)17-11-7-9-12(10-8-11)23(20,21)18-14-6-4-3-5-13(14)16/h3-10,18H,2H2,1H3,(H,17,19). The van der Waals surface area contributed by atoms with E-state index in [2.05, 4.69) is 32.6 Å². The fourth-order valence-corrected chi connectivity index (χ4v) is 3.54. The van der Waals surface area contributed by atoms with Crippen LogP contribution in [-0.2, 0) is 14.8 Å². The first-order valence-corrected chi connectivity index (χ1v) is 9.30. The normalized spacial score (nSPS) is 10.9. The Kier molecular flexibility index (Phi) is 5.83. The Morgan fingerprint density at radius 3 is 2.39 bits per heavy atom. The molecule has 23 heavy (non-hydrogen) atoms. The van der Waals surface area contributed by atoms with Crippen molar-refractivity contribution in [3.8, 4) is 0 Å². The monoisotopic (exact) mass is 446 g/mol. The van der Waals surface area contributed by atoms with Gasteiger partial charge in [0.15, 0.2) is 0 Å². The van der Waals surface area contributed by atoms with E-state index in [1.165, 1.54) is 24.3 Å². The van der Waals surface area contributed by atoms with Gasteiger partial charge >= 0.3 is 6.09 Å². The average Bonchev–Trinajstić information content (AvgIpc) is 2.50. The molecular formula is C15H15IN2O4S. The summed E-state index contributed by atoms with van der Waals surface area (Å²) >= 11 is 2.06. The van der Waals surface area contributed by atoms with Crippen molar-refractivity contribution >= 4 is 50.1 Å². The van der Waals surface area contributed by atoms with Crippen LogP contribution in [0.3, 0.4) is 0 Å². The van der Waals surface area contributed by atoms with E-state index in [0.29, 0.717) is 11.4 Å². The van der Waals surface area contributed by atoms with Gasteiger partial charge in [-0.3, -0.25) is 10.0 Å². The molecule has 0 fully saturated rings. The number of nitrogens with one attached hydrogen (secondary N) is 2. The van der Waals surface area contributed by atoms with Gasteiger partial charge < -0.3 is 4.74 Å². The number of halogens is 1. The number of carbonyl (C=O) groups excluding carboxylic acids is 1. The zero-order valence-electron chi connectivity index (χ0n) is 12.2. The van der Waals surface area contributed by atoms with E-state index in [1.807, 2.05) is 12.1 Å². The first-order chi connectivity index (χ1) is 10.9. The summed E-state index contributed by atoms with van der Waals surface area (Å²) in [6, 6.07) is 12.9. The first-order valence-electron chi connectivity index (χ1n) is 6.73. The van der Waals surface area contributed by atoms with E-state index in [0.717, 1.165) is 3.57 Å². The Bertz CT molecular complexity index is 791. The van der Waals surface area contributed by atoms with Gasteiger partial charge in [0.05, 0.1) is 17.2 Å². The van der Waals surface area contributed by atoms with E-state index >= 15 is 0 Å². The summed E-state index contributed by atoms with van der Waals surface area (Å²) in [5.74, 6) is 0. The largest absolute Gasteiger partial charge is 0.450 e. The summed E-state index contributed by atoms with van der Waals surface area (Å²) in [6.07, 6.45) is -0.583. The van der Waals surface area contributed by atoms with Crippen molar-refractivity contribution in [1.29, 1.82) is 0 Å². The van der Waals surface area contributed by atoms with Crippen molar-refractivity contribution in [3.05, 3.63) is 52.1 Å². The Hall–Kier alpha value is -1.81. The van der Waals surface area contributed by atoms with Crippen LogP contribution in [0.5, 0.6) is 0 Å². The van der Waals surface area contributed by atoms with Crippen LogP contribution in [0.2, 0.25) is 0 Å². The zero-order valence-corrected chi connectivity index (χ0v) is 15.2. The maximum atomic E-state index is 12.4. The van der Waals surface area contributed by atoms with Crippen LogP contribution in [0.15, 0.2) is 53.4 Å². The van der Waals surface area contributed by atoms with E-state index in [4.69, 9.17) is 4.74 Å². The lowest BCUT2D eigenvalue weighted by Crippen LogP contribution is -2.15. The Balaban J connectivity index is 2.14. The smallest absolute Gasteiger partial charge is 0.411 e. The van der Waals surface area contributed by atoms with Gasteiger partial charge in [0, 0.05) is 9.26 Å². The molecule has 0 bridgehead atoms. The molecule has 0 atom stereocenters. The summed E-state index contributed by atoms with van der Waals surface area (Å²) in [6.45, 7) is 1.96. The lowest BCUT2D eigenvalue weighted by Gasteiger charge is -2.10. The molecule has 0 radical (unpaired) electrons. The van der Waals surface area contributed by atoms with E-state index in [9.17, 15) is 13.2 Å². The predicted octanol–water partition coefficient (Wildman–Crippen LogP) is 3.66. The van der Waals surface area contributed by atoms with Crippen molar-refractivity contribution in [1.82, 2.24) is 0 Å². The van der Waals surface area contributed by atoms with E-state index in [1.54, 1.807) is 19.1 Å². The number of amides is 1. The third-order valence-electron chi connectivity index (χ3n) is 2.80. The minimum atomic E-state index is -3.69. The van der Waals surface area contributed by atoms with E-state index in [-0.39, 0.29) is 11.5 Å². The molecule has 2 aromatic carbocycles. The summed E-state index contributed by atoms with van der Waals surface area (Å²) in [7, 11) is -3.69. The van der Waals surface area contributed by atoms with Crippen LogP contribution >= 0.6 is 22.6 Å². The van der Waals surface area contributed by atoms with Crippen LogP contribution in [-0.4, -0.2) is 21.1 Å². The SMILES string of the molecule is CCOC(=O)Nc1ccc(S(=O)(=O)Nc2ccccc2I)cc1. The second-order valence-electron chi connectivity index (χ2n) is 4.46. The Labute approximate surface area is 148 Å². The molecule has 2 aromatic rings. The summed E-state index contributed by atoms with van der Waals surface area (Å²) < 4.78 is 32.8. The maximum Gasteiger partial charge on any atom is 0.411 e. The molecule has 0 aliphatic carbocycles. The van der Waals surface area contributed by atoms with Crippen LogP contribution in [0, 0.1) is 3.57 Å². The first kappa shape index (κ1) is 17.5. The van der Waals surface area contributed by atoms with Gasteiger partial charge in [-0.05, 0) is 65.9 Å². The van der Waals surface area contributed by atoms with Gasteiger partial charge in [0.25, 0.3) is 10.0 Å². The minimum absolute atomic E-state index is 0.103. The molecule has 2 N–H and O–H groups in total. The quantitative estimate of drug-likeness (QED) is 0.687. The zero-order chi connectivity index (χ0) is 16.9. The number of benzene rings is 2. The van der Waals surface area contributed by atoms with E-state index < -0.39 is 16.1 Å². The number of sulfonamides is 1. The Morgan fingerprint density at radius 2 is 1.78 bits per heavy atom. The number of rotatable bonds is 5. The van der Waals surface area contributed by atoms with Gasteiger partial charge in [0.1, 0.15) is 0 Å². The fraction of sp³-hybridized carbons (Fsp3) is 0.133. The molecule has 2 rings (SSSR count). The highest BCUT2D eigenvalue weighted by Gasteiger charge is 2.15. The van der Waals surface area contributed by atoms with Gasteiger partial charge in [-0.25, -0.2) is 13.2 Å². The van der Waals surface area contributed by atoms with Crippen LogP contribution in [0.4, 0.5) is 16.2 Å². The number of anilines is 2. The number of hydrogen-bond acceptors (Lipinski definition) is 4. The minimum Gasteiger partial charge on any atom is -0.450 e. The maximum absolute atomic E-state index is 12.4. The molecular weight excluding hydrogens is 431 g/mol. The van der Waals surface area contributed by atoms with Crippen molar-refractivity contribution in [3.63, 3.8) is 0 Å². The molecule has 0 aliphatic heterocycles. The fourth-order valence-electron chi connectivity index (χ4n) is 1.75. The third kappa shape index (κ3) is 4.83. The Morgan fingerprint density at radius 1 is 1.13 bits per heavy atom. The number of hydrogen-bond donors (Lipinski definition) is 2. The van der Waals surface area contributed by atoms with Gasteiger partial charge in [-0.15, -0.1) is 0 Å². The van der Waals surface area contributed by atoms with Gasteiger partial charge in [-0.1, -0.05) is 12.1 Å². The van der Waals surface area contributed by atoms with Crippen LogP contribution in [0.25, 0.3) is 0 Å². The lowest BCUT2D eigenvalue weighted by molar-refractivity contribution is 0.168. The highest BCUT2D eigenvalue weighted by molar-refractivity contribution is 14.1. The van der Waals surface area contributed by atoms with Crippen LogP contribution < -0.4 is 10.0 Å². The second-order valence-corrected chi connectivity index (χ2v) is 7.30. The summed E-state index contributed by atoms with van der Waals surface area (Å²) in [5.41, 5.74) is 0.971. The molecule has 8 heteroatoms.